The Balaban J connectivity index is 2.35. The molecule has 2 N–H and O–H groups in total. The van der Waals surface area contributed by atoms with Gasteiger partial charge in [-0.1, -0.05) is 17.7 Å². The molecule has 0 aliphatic carbocycles. The zero-order chi connectivity index (χ0) is 15.8. The van der Waals surface area contributed by atoms with Gasteiger partial charge in [0.2, 0.25) is 10.0 Å². The second-order valence-corrected chi connectivity index (χ2v) is 8.36. The van der Waals surface area contributed by atoms with Gasteiger partial charge in [0.1, 0.15) is 4.90 Å². The predicted molar refractivity (Wildman–Crippen MR) is 84.8 cm³/mol. The maximum absolute atomic E-state index is 12.8. The van der Waals surface area contributed by atoms with E-state index in [-0.39, 0.29) is 15.5 Å². The smallest absolute Gasteiger partial charge is 0.244 e. The van der Waals surface area contributed by atoms with E-state index in [9.17, 15) is 8.42 Å². The monoisotopic (exact) mass is 331 g/mol. The van der Waals surface area contributed by atoms with Crippen LogP contribution in [0.25, 0.3) is 0 Å². The molecule has 21 heavy (non-hydrogen) atoms. The Kier molecular flexibility index (Phi) is 4.66. The van der Waals surface area contributed by atoms with Crippen LogP contribution in [0.2, 0.25) is 5.02 Å². The van der Waals surface area contributed by atoms with Crippen molar-refractivity contribution in [2.24, 2.45) is 5.73 Å². The van der Waals surface area contributed by atoms with Crippen molar-refractivity contribution in [1.82, 2.24) is 9.21 Å². The lowest BCUT2D eigenvalue weighted by molar-refractivity contribution is 0.0801. The summed E-state index contributed by atoms with van der Waals surface area (Å²) in [5.74, 6) is 0. The van der Waals surface area contributed by atoms with Gasteiger partial charge in [0.25, 0.3) is 0 Å². The average molecular weight is 332 g/mol. The van der Waals surface area contributed by atoms with E-state index in [0.29, 0.717) is 26.2 Å². The topological polar surface area (TPSA) is 66.6 Å². The highest BCUT2D eigenvalue weighted by Gasteiger charge is 2.37. The second kappa shape index (κ2) is 5.85. The maximum Gasteiger partial charge on any atom is 0.244 e. The molecule has 1 heterocycles. The summed E-state index contributed by atoms with van der Waals surface area (Å²) in [4.78, 5) is 2.32. The minimum atomic E-state index is -3.58. The summed E-state index contributed by atoms with van der Waals surface area (Å²) in [5.41, 5.74) is 6.17. The quantitative estimate of drug-likeness (QED) is 0.911. The molecule has 0 unspecified atom stereocenters. The van der Waals surface area contributed by atoms with Crippen molar-refractivity contribution in [2.75, 3.05) is 26.7 Å². The molecule has 1 aromatic carbocycles. The molecule has 0 radical (unpaired) electrons. The molecule has 0 aromatic heterocycles. The maximum atomic E-state index is 12.8. The Morgan fingerprint density at radius 1 is 1.33 bits per heavy atom. The minimum absolute atomic E-state index is 0.154. The van der Waals surface area contributed by atoms with Gasteiger partial charge < -0.3 is 5.73 Å². The Morgan fingerprint density at radius 2 is 2.00 bits per heavy atom. The van der Waals surface area contributed by atoms with Crippen LogP contribution in [0.1, 0.15) is 19.4 Å². The summed E-state index contributed by atoms with van der Waals surface area (Å²) in [6.07, 6.45) is 0. The summed E-state index contributed by atoms with van der Waals surface area (Å²) in [5, 5.41) is 0.231. The van der Waals surface area contributed by atoms with Gasteiger partial charge in [0.15, 0.2) is 0 Å². The molecular weight excluding hydrogens is 310 g/mol. The van der Waals surface area contributed by atoms with E-state index in [0.717, 1.165) is 5.56 Å². The van der Waals surface area contributed by atoms with Crippen LogP contribution in [0, 0.1) is 0 Å². The normalized spacial score (nSPS) is 20.6. The van der Waals surface area contributed by atoms with E-state index in [2.05, 4.69) is 4.90 Å². The summed E-state index contributed by atoms with van der Waals surface area (Å²) in [6, 6.07) is 4.88. The lowest BCUT2D eigenvalue weighted by Gasteiger charge is -2.44. The van der Waals surface area contributed by atoms with Crippen LogP contribution in [0.3, 0.4) is 0 Å². The fraction of sp³-hybridized carbons (Fsp3) is 0.571. The van der Waals surface area contributed by atoms with Gasteiger partial charge in [-0.15, -0.1) is 0 Å². The van der Waals surface area contributed by atoms with E-state index in [4.69, 9.17) is 17.3 Å². The van der Waals surface area contributed by atoms with Crippen LogP contribution in [0.4, 0.5) is 0 Å². The highest BCUT2D eigenvalue weighted by molar-refractivity contribution is 7.89. The van der Waals surface area contributed by atoms with Crippen LogP contribution in [-0.4, -0.2) is 49.8 Å². The third-order valence-electron chi connectivity index (χ3n) is 4.13. The van der Waals surface area contributed by atoms with Gasteiger partial charge >= 0.3 is 0 Å². The van der Waals surface area contributed by atoms with Gasteiger partial charge in [-0.3, -0.25) is 4.90 Å². The van der Waals surface area contributed by atoms with Crippen molar-refractivity contribution in [1.29, 1.82) is 0 Å². The van der Waals surface area contributed by atoms with Crippen LogP contribution in [0.15, 0.2) is 23.1 Å². The second-order valence-electron chi connectivity index (χ2n) is 6.04. The molecule has 1 saturated heterocycles. The molecule has 5 nitrogen and oxygen atoms in total. The molecule has 2 rings (SSSR count). The van der Waals surface area contributed by atoms with Crippen molar-refractivity contribution in [3.05, 3.63) is 28.8 Å². The molecule has 0 bridgehead atoms. The summed E-state index contributed by atoms with van der Waals surface area (Å²) in [6.45, 7) is 6.02. The largest absolute Gasteiger partial charge is 0.326 e. The standard InChI is InChI=1S/C14H22ClN3O2S/c1-14(2)10-18(7-6-17(14)3)21(19,20)13-5-4-11(9-16)8-12(13)15/h4-5,8H,6-7,9-10,16H2,1-3H3. The molecule has 0 amide bonds. The molecule has 0 atom stereocenters. The predicted octanol–water partition coefficient (Wildman–Crippen LogP) is 1.51. The first kappa shape index (κ1) is 16.7. The van der Waals surface area contributed by atoms with E-state index < -0.39 is 10.0 Å². The average Bonchev–Trinajstić information content (AvgIpc) is 2.41. The zero-order valence-corrected chi connectivity index (χ0v) is 14.2. The Hall–Kier alpha value is -0.660. The van der Waals surface area contributed by atoms with Crippen molar-refractivity contribution >= 4 is 21.6 Å². The highest BCUT2D eigenvalue weighted by atomic mass is 35.5. The van der Waals surface area contributed by atoms with Gasteiger partial charge in [0.05, 0.1) is 5.02 Å². The third kappa shape index (κ3) is 3.24. The highest BCUT2D eigenvalue weighted by Crippen LogP contribution is 2.29. The van der Waals surface area contributed by atoms with Gasteiger partial charge in [-0.05, 0) is 38.6 Å². The molecule has 1 aliphatic rings. The van der Waals surface area contributed by atoms with Crippen LogP contribution < -0.4 is 5.73 Å². The van der Waals surface area contributed by atoms with Gasteiger partial charge in [-0.25, -0.2) is 8.42 Å². The SMILES string of the molecule is CN1CCN(S(=O)(=O)c2ccc(CN)cc2Cl)CC1(C)C. The first-order chi connectivity index (χ1) is 9.68. The van der Waals surface area contributed by atoms with E-state index >= 15 is 0 Å². The fourth-order valence-corrected chi connectivity index (χ4v) is 4.55. The third-order valence-corrected chi connectivity index (χ3v) is 6.46. The first-order valence-corrected chi connectivity index (χ1v) is 8.70. The Bertz CT molecular complexity index is 631. The van der Waals surface area contributed by atoms with Crippen molar-refractivity contribution in [2.45, 2.75) is 30.8 Å². The van der Waals surface area contributed by atoms with Crippen molar-refractivity contribution < 1.29 is 8.42 Å². The first-order valence-electron chi connectivity index (χ1n) is 6.88. The number of nitrogens with zero attached hydrogens (tertiary/aromatic N) is 2. The van der Waals surface area contributed by atoms with Crippen molar-refractivity contribution in [3.8, 4) is 0 Å². The fourth-order valence-electron chi connectivity index (χ4n) is 2.42. The molecule has 1 fully saturated rings. The number of benzene rings is 1. The lowest BCUT2D eigenvalue weighted by atomic mass is 10.0. The molecule has 118 valence electrons. The molecule has 0 spiro atoms. The Labute approximate surface area is 131 Å². The number of halogens is 1. The summed E-state index contributed by atoms with van der Waals surface area (Å²) < 4.78 is 27.1. The number of hydrogen-bond donors (Lipinski definition) is 1. The van der Waals surface area contributed by atoms with Crippen molar-refractivity contribution in [3.63, 3.8) is 0 Å². The molecule has 1 aromatic rings. The number of nitrogens with two attached hydrogens (primary N) is 1. The molecule has 7 heteroatoms. The number of rotatable bonds is 3. The van der Waals surface area contributed by atoms with E-state index in [1.54, 1.807) is 18.2 Å². The number of likely N-dealkylation sites (N-methyl/N-ethyl adjacent to an activating group) is 1. The van der Waals surface area contributed by atoms with E-state index in [1.165, 1.54) is 4.31 Å². The Morgan fingerprint density at radius 3 is 2.52 bits per heavy atom. The number of hydrogen-bond acceptors (Lipinski definition) is 4. The minimum Gasteiger partial charge on any atom is -0.326 e. The van der Waals surface area contributed by atoms with Crippen LogP contribution in [-0.2, 0) is 16.6 Å². The van der Waals surface area contributed by atoms with E-state index in [1.807, 2.05) is 20.9 Å². The zero-order valence-electron chi connectivity index (χ0n) is 12.6. The molecular formula is C14H22ClN3O2S. The number of sulfonamides is 1. The number of piperazine rings is 1. The van der Waals surface area contributed by atoms with Gasteiger partial charge in [0, 0.05) is 31.7 Å². The molecule has 0 saturated carbocycles. The lowest BCUT2D eigenvalue weighted by Crippen LogP contribution is -2.58. The van der Waals surface area contributed by atoms with Gasteiger partial charge in [-0.2, -0.15) is 4.31 Å². The van der Waals surface area contributed by atoms with Crippen LogP contribution >= 0.6 is 11.6 Å². The molecule has 1 aliphatic heterocycles. The summed E-state index contributed by atoms with van der Waals surface area (Å²) >= 11 is 6.14. The van der Waals surface area contributed by atoms with Crippen LogP contribution in [0.5, 0.6) is 0 Å². The summed E-state index contributed by atoms with van der Waals surface area (Å²) in [7, 11) is -1.57.